The summed E-state index contributed by atoms with van der Waals surface area (Å²) in [6, 6.07) is 2.37. The van der Waals surface area contributed by atoms with Crippen LogP contribution in [0.25, 0.3) is 6.08 Å². The maximum absolute atomic E-state index is 12.3. The molecule has 1 aliphatic heterocycles. The van der Waals surface area contributed by atoms with Gasteiger partial charge in [0.1, 0.15) is 11.0 Å². The van der Waals surface area contributed by atoms with Gasteiger partial charge in [-0.05, 0) is 35.4 Å². The molecule has 1 heterocycles. The van der Waals surface area contributed by atoms with Crippen LogP contribution in [0.15, 0.2) is 46.9 Å². The van der Waals surface area contributed by atoms with Gasteiger partial charge in [0.15, 0.2) is 0 Å². The zero-order chi connectivity index (χ0) is 15.2. The third kappa shape index (κ3) is 2.26. The van der Waals surface area contributed by atoms with Gasteiger partial charge in [-0.1, -0.05) is 18.2 Å². The molecule has 2 aliphatic rings. The minimum atomic E-state index is -4.08. The van der Waals surface area contributed by atoms with Gasteiger partial charge >= 0.3 is 5.97 Å². The van der Waals surface area contributed by atoms with E-state index < -0.39 is 22.2 Å². The fourth-order valence-corrected chi connectivity index (χ4v) is 3.47. The van der Waals surface area contributed by atoms with Crippen molar-refractivity contribution < 1.29 is 22.5 Å². The lowest BCUT2D eigenvalue weighted by molar-refractivity contribution is 0.0698. The summed E-state index contributed by atoms with van der Waals surface area (Å²) in [7, 11) is -4.08. The average molecular weight is 305 g/mol. The van der Waals surface area contributed by atoms with E-state index in [0.29, 0.717) is 11.1 Å². The molecule has 0 bridgehead atoms. The van der Waals surface area contributed by atoms with E-state index in [9.17, 15) is 13.2 Å². The van der Waals surface area contributed by atoms with Gasteiger partial charge in [0.2, 0.25) is 0 Å². The number of rotatable bonds is 1. The van der Waals surface area contributed by atoms with Gasteiger partial charge in [-0.25, -0.2) is 4.79 Å². The van der Waals surface area contributed by atoms with E-state index in [-0.39, 0.29) is 16.1 Å². The maximum Gasteiger partial charge on any atom is 0.337 e. The van der Waals surface area contributed by atoms with Gasteiger partial charge in [0.05, 0.1) is 5.56 Å². The molecule has 1 aliphatic carbocycles. The van der Waals surface area contributed by atoms with Crippen molar-refractivity contribution in [2.45, 2.75) is 11.0 Å². The van der Waals surface area contributed by atoms with Gasteiger partial charge in [0.25, 0.3) is 10.1 Å². The number of allylic oxidation sites excluding steroid dienone is 2. The molecule has 7 heteroatoms. The van der Waals surface area contributed by atoms with Gasteiger partial charge in [-0.3, -0.25) is 4.18 Å². The molecule has 0 saturated heterocycles. The SMILES string of the molecule is Nc1cc2c(cc1C(=O)O)S(=O)(=O)OC1C=CC=CC1=C2. The van der Waals surface area contributed by atoms with E-state index >= 15 is 0 Å². The van der Waals surface area contributed by atoms with Crippen molar-refractivity contribution in [3.63, 3.8) is 0 Å². The first-order valence-corrected chi connectivity index (χ1v) is 7.46. The van der Waals surface area contributed by atoms with Crippen molar-refractivity contribution in [1.29, 1.82) is 0 Å². The largest absolute Gasteiger partial charge is 0.478 e. The topological polar surface area (TPSA) is 107 Å². The molecule has 3 N–H and O–H groups in total. The number of hydrogen-bond donors (Lipinski definition) is 2. The van der Waals surface area contributed by atoms with E-state index in [0.717, 1.165) is 6.07 Å². The second-order valence-electron chi connectivity index (χ2n) is 4.64. The number of carboxylic acid groups (broad SMARTS) is 1. The molecular formula is C14H11NO5S. The number of nitrogen functional groups attached to an aromatic ring is 1. The van der Waals surface area contributed by atoms with Crippen molar-refractivity contribution in [3.05, 3.63) is 53.1 Å². The number of hydrogen-bond acceptors (Lipinski definition) is 5. The molecule has 108 valence electrons. The van der Waals surface area contributed by atoms with Crippen LogP contribution in [0.3, 0.4) is 0 Å². The summed E-state index contributed by atoms with van der Waals surface area (Å²) >= 11 is 0. The first-order valence-electron chi connectivity index (χ1n) is 6.05. The molecule has 0 radical (unpaired) electrons. The number of carboxylic acids is 1. The van der Waals surface area contributed by atoms with Crippen LogP contribution in [-0.4, -0.2) is 25.6 Å². The molecule has 0 fully saturated rings. The molecule has 0 spiro atoms. The van der Waals surface area contributed by atoms with Crippen LogP contribution in [0.5, 0.6) is 0 Å². The highest BCUT2D eigenvalue weighted by Gasteiger charge is 2.30. The number of benzene rings is 1. The highest BCUT2D eigenvalue weighted by atomic mass is 32.2. The van der Waals surface area contributed by atoms with Crippen LogP contribution in [-0.2, 0) is 14.3 Å². The van der Waals surface area contributed by atoms with Crippen LogP contribution in [0, 0.1) is 0 Å². The molecule has 0 saturated carbocycles. The number of nitrogens with two attached hydrogens (primary N) is 1. The van der Waals surface area contributed by atoms with Crippen LogP contribution in [0.2, 0.25) is 0 Å². The molecule has 1 unspecified atom stereocenters. The monoisotopic (exact) mass is 305 g/mol. The summed E-state index contributed by atoms with van der Waals surface area (Å²) in [5, 5.41) is 9.06. The first-order chi connectivity index (χ1) is 9.88. The summed E-state index contributed by atoms with van der Waals surface area (Å²) in [6.07, 6.45) is 7.70. The lowest BCUT2D eigenvalue weighted by Gasteiger charge is -2.14. The molecule has 3 rings (SSSR count). The number of fused-ring (bicyclic) bond motifs is 2. The second kappa shape index (κ2) is 4.57. The van der Waals surface area contributed by atoms with Gasteiger partial charge < -0.3 is 10.8 Å². The van der Waals surface area contributed by atoms with Crippen LogP contribution >= 0.6 is 0 Å². The van der Waals surface area contributed by atoms with Crippen molar-refractivity contribution in [3.8, 4) is 0 Å². The highest BCUT2D eigenvalue weighted by molar-refractivity contribution is 7.86. The van der Waals surface area contributed by atoms with Crippen LogP contribution < -0.4 is 5.73 Å². The number of anilines is 1. The van der Waals surface area contributed by atoms with E-state index in [1.807, 2.05) is 0 Å². The van der Waals surface area contributed by atoms with Gasteiger partial charge in [-0.2, -0.15) is 8.42 Å². The van der Waals surface area contributed by atoms with Crippen LogP contribution in [0.4, 0.5) is 5.69 Å². The van der Waals surface area contributed by atoms with E-state index in [2.05, 4.69) is 0 Å². The minimum Gasteiger partial charge on any atom is -0.478 e. The molecule has 1 atom stereocenters. The molecule has 6 nitrogen and oxygen atoms in total. The fraction of sp³-hybridized carbons (Fsp3) is 0.0714. The van der Waals surface area contributed by atoms with E-state index in [4.69, 9.17) is 15.0 Å². The summed E-state index contributed by atoms with van der Waals surface area (Å²) in [6.45, 7) is 0. The maximum atomic E-state index is 12.3. The lowest BCUT2D eigenvalue weighted by Crippen LogP contribution is -2.18. The third-order valence-corrected chi connectivity index (χ3v) is 4.60. The summed E-state index contributed by atoms with van der Waals surface area (Å²) < 4.78 is 29.7. The Morgan fingerprint density at radius 2 is 2.05 bits per heavy atom. The molecular weight excluding hydrogens is 294 g/mol. The third-order valence-electron chi connectivity index (χ3n) is 3.25. The minimum absolute atomic E-state index is 0.00193. The van der Waals surface area contributed by atoms with Crippen molar-refractivity contribution in [2.75, 3.05) is 5.73 Å². The average Bonchev–Trinajstić information content (AvgIpc) is 2.50. The Labute approximate surface area is 121 Å². The zero-order valence-corrected chi connectivity index (χ0v) is 11.5. The normalized spacial score (nSPS) is 21.9. The zero-order valence-electron chi connectivity index (χ0n) is 10.7. The lowest BCUT2D eigenvalue weighted by atomic mass is 10.0. The predicted molar refractivity (Wildman–Crippen MR) is 76.1 cm³/mol. The molecule has 21 heavy (non-hydrogen) atoms. The quantitative estimate of drug-likeness (QED) is 0.602. The van der Waals surface area contributed by atoms with Crippen molar-refractivity contribution >= 4 is 27.9 Å². The Hall–Kier alpha value is -2.38. The number of aromatic carboxylic acids is 1. The Kier molecular flexibility index (Phi) is 2.96. The Morgan fingerprint density at radius 1 is 1.29 bits per heavy atom. The summed E-state index contributed by atoms with van der Waals surface area (Å²) in [5.74, 6) is -1.29. The first kappa shape index (κ1) is 13.6. The van der Waals surface area contributed by atoms with Crippen molar-refractivity contribution in [1.82, 2.24) is 0 Å². The summed E-state index contributed by atoms with van der Waals surface area (Å²) in [5.41, 5.74) is 6.38. The van der Waals surface area contributed by atoms with Gasteiger partial charge in [-0.15, -0.1) is 0 Å². The molecule has 0 amide bonds. The Bertz CT molecular complexity index is 833. The van der Waals surface area contributed by atoms with E-state index in [1.165, 1.54) is 6.07 Å². The fourth-order valence-electron chi connectivity index (χ4n) is 2.25. The Balaban J connectivity index is 2.28. The second-order valence-corrected chi connectivity index (χ2v) is 6.18. The van der Waals surface area contributed by atoms with Gasteiger partial charge in [0, 0.05) is 5.69 Å². The number of carbonyl (C=O) groups is 1. The molecule has 1 aromatic rings. The Morgan fingerprint density at radius 3 is 2.76 bits per heavy atom. The molecule has 0 aromatic heterocycles. The van der Waals surface area contributed by atoms with Crippen molar-refractivity contribution in [2.24, 2.45) is 0 Å². The molecule has 1 aromatic carbocycles. The van der Waals surface area contributed by atoms with Crippen LogP contribution in [0.1, 0.15) is 15.9 Å². The van der Waals surface area contributed by atoms with E-state index in [1.54, 1.807) is 30.4 Å². The smallest absolute Gasteiger partial charge is 0.337 e. The highest BCUT2D eigenvalue weighted by Crippen LogP contribution is 2.33. The standard InChI is InChI=1S/C14H11NO5S/c15-11-6-9-5-8-3-1-2-4-12(8)20-21(18,19)13(9)7-10(11)14(16)17/h1-7,12H,15H2,(H,16,17). The predicted octanol–water partition coefficient (Wildman–Crippen LogP) is 1.56. The summed E-state index contributed by atoms with van der Waals surface area (Å²) in [4.78, 5) is 10.9.